The van der Waals surface area contributed by atoms with Crippen LogP contribution in [0.2, 0.25) is 0 Å². The summed E-state index contributed by atoms with van der Waals surface area (Å²) in [4.78, 5) is 22.2. The summed E-state index contributed by atoms with van der Waals surface area (Å²) in [6.45, 7) is 2.54. The maximum absolute atomic E-state index is 13.3. The van der Waals surface area contributed by atoms with Gasteiger partial charge in [0.15, 0.2) is 0 Å². The molecule has 0 unspecified atom stereocenters. The Balaban J connectivity index is 1.61. The highest BCUT2D eigenvalue weighted by atomic mass is 16.5. The van der Waals surface area contributed by atoms with Crippen molar-refractivity contribution in [1.29, 1.82) is 0 Å². The lowest BCUT2D eigenvalue weighted by Gasteiger charge is -2.39. The van der Waals surface area contributed by atoms with Gasteiger partial charge in [0, 0.05) is 31.2 Å². The number of nitrogens with zero attached hydrogens (tertiary/aromatic N) is 3. The predicted molar refractivity (Wildman–Crippen MR) is 109 cm³/mol. The molecule has 0 bridgehead atoms. The number of aromatic nitrogens is 3. The number of rotatable bonds is 3. The number of aryl methyl sites for hydroxylation is 1. The van der Waals surface area contributed by atoms with Crippen molar-refractivity contribution in [1.82, 2.24) is 19.7 Å². The second-order valence-corrected chi connectivity index (χ2v) is 7.28. The van der Waals surface area contributed by atoms with Crippen molar-refractivity contribution in [3.8, 4) is 5.75 Å². The van der Waals surface area contributed by atoms with Crippen molar-refractivity contribution in [3.63, 3.8) is 0 Å². The van der Waals surface area contributed by atoms with Crippen LogP contribution in [0.3, 0.4) is 0 Å². The van der Waals surface area contributed by atoms with Crippen LogP contribution in [0.4, 0.5) is 0 Å². The molecule has 0 radical (unpaired) electrons. The SMILES string of the molecule is Cc1ccc([C@@]2(NC(=O)c3ccc4nccn4c3)CCOc3cccnc32)cc1. The minimum absolute atomic E-state index is 0.167. The fourth-order valence-corrected chi connectivity index (χ4v) is 3.89. The lowest BCUT2D eigenvalue weighted by Crippen LogP contribution is -2.50. The van der Waals surface area contributed by atoms with Crippen molar-refractivity contribution in [3.05, 3.63) is 95.7 Å². The van der Waals surface area contributed by atoms with Crippen molar-refractivity contribution >= 4 is 11.6 Å². The summed E-state index contributed by atoms with van der Waals surface area (Å²) in [7, 11) is 0. The Labute approximate surface area is 168 Å². The average molecular weight is 384 g/mol. The average Bonchev–Trinajstić information content (AvgIpc) is 3.22. The summed E-state index contributed by atoms with van der Waals surface area (Å²) in [5.41, 5.74) is 3.48. The normalized spacial score (nSPS) is 18.1. The maximum atomic E-state index is 13.3. The first-order valence-corrected chi connectivity index (χ1v) is 9.56. The highest BCUT2D eigenvalue weighted by Gasteiger charge is 2.42. The lowest BCUT2D eigenvalue weighted by atomic mass is 9.81. The molecule has 4 aromatic rings. The minimum Gasteiger partial charge on any atom is -0.491 e. The van der Waals surface area contributed by atoms with E-state index in [4.69, 9.17) is 4.74 Å². The molecule has 0 saturated heterocycles. The van der Waals surface area contributed by atoms with Gasteiger partial charge in [-0.15, -0.1) is 0 Å². The van der Waals surface area contributed by atoms with Crippen molar-refractivity contribution in [2.75, 3.05) is 6.61 Å². The zero-order chi connectivity index (χ0) is 19.8. The van der Waals surface area contributed by atoms with Crippen LogP contribution in [-0.4, -0.2) is 26.9 Å². The van der Waals surface area contributed by atoms with Gasteiger partial charge in [0.1, 0.15) is 22.6 Å². The topological polar surface area (TPSA) is 68.5 Å². The van der Waals surface area contributed by atoms with Gasteiger partial charge in [0.25, 0.3) is 5.91 Å². The molecular formula is C23H20N4O2. The first-order valence-electron chi connectivity index (χ1n) is 9.56. The fraction of sp³-hybridized carbons (Fsp3) is 0.174. The number of carbonyl (C=O) groups is 1. The first kappa shape index (κ1) is 17.4. The molecule has 6 nitrogen and oxygen atoms in total. The Morgan fingerprint density at radius 1 is 1.10 bits per heavy atom. The quantitative estimate of drug-likeness (QED) is 0.587. The third kappa shape index (κ3) is 2.93. The zero-order valence-corrected chi connectivity index (χ0v) is 16.0. The Kier molecular flexibility index (Phi) is 4.05. The van der Waals surface area contributed by atoms with E-state index >= 15 is 0 Å². The van der Waals surface area contributed by atoms with E-state index in [9.17, 15) is 4.79 Å². The molecule has 1 N–H and O–H groups in total. The molecule has 1 aromatic carbocycles. The van der Waals surface area contributed by atoms with E-state index in [0.29, 0.717) is 24.3 Å². The number of amides is 1. The van der Waals surface area contributed by atoms with Gasteiger partial charge >= 0.3 is 0 Å². The number of pyridine rings is 2. The van der Waals surface area contributed by atoms with Gasteiger partial charge in [0.05, 0.1) is 12.2 Å². The molecular weight excluding hydrogens is 364 g/mol. The molecule has 144 valence electrons. The summed E-state index contributed by atoms with van der Waals surface area (Å²) >= 11 is 0. The largest absolute Gasteiger partial charge is 0.491 e. The van der Waals surface area contributed by atoms with Gasteiger partial charge in [-0.3, -0.25) is 9.78 Å². The smallest absolute Gasteiger partial charge is 0.253 e. The van der Waals surface area contributed by atoms with Crippen molar-refractivity contribution in [2.45, 2.75) is 18.9 Å². The Morgan fingerprint density at radius 2 is 1.97 bits per heavy atom. The standard InChI is InChI=1S/C23H20N4O2/c1-16-4-7-18(8-5-16)23(10-14-29-19-3-2-11-25-21(19)23)26-22(28)17-6-9-20-24-12-13-27(20)15-17/h2-9,11-13,15H,10,14H2,1H3,(H,26,28)/t23-/m0/s1. The van der Waals surface area contributed by atoms with Gasteiger partial charge in [0.2, 0.25) is 0 Å². The zero-order valence-electron chi connectivity index (χ0n) is 16.0. The Morgan fingerprint density at radius 3 is 2.83 bits per heavy atom. The Bertz CT molecular complexity index is 1200. The minimum atomic E-state index is -0.760. The molecule has 0 spiro atoms. The molecule has 0 fully saturated rings. The van der Waals surface area contributed by atoms with Crippen LogP contribution in [-0.2, 0) is 5.54 Å². The van der Waals surface area contributed by atoms with Crippen LogP contribution in [0.15, 0.2) is 73.3 Å². The van der Waals surface area contributed by atoms with E-state index < -0.39 is 5.54 Å². The summed E-state index contributed by atoms with van der Waals surface area (Å²) < 4.78 is 7.67. The van der Waals surface area contributed by atoms with Gasteiger partial charge in [-0.1, -0.05) is 29.8 Å². The molecule has 6 heteroatoms. The number of imidazole rings is 1. The van der Waals surface area contributed by atoms with Crippen LogP contribution < -0.4 is 10.1 Å². The van der Waals surface area contributed by atoms with Gasteiger partial charge in [-0.25, -0.2) is 4.98 Å². The van der Waals surface area contributed by atoms with Crippen LogP contribution in [0.1, 0.15) is 33.6 Å². The molecule has 1 atom stereocenters. The number of fused-ring (bicyclic) bond motifs is 2. The van der Waals surface area contributed by atoms with Crippen LogP contribution in [0, 0.1) is 6.92 Å². The second-order valence-electron chi connectivity index (χ2n) is 7.28. The molecule has 0 aliphatic carbocycles. The fourth-order valence-electron chi connectivity index (χ4n) is 3.89. The van der Waals surface area contributed by atoms with E-state index in [-0.39, 0.29) is 5.91 Å². The third-order valence-electron chi connectivity index (χ3n) is 5.43. The lowest BCUT2D eigenvalue weighted by molar-refractivity contribution is 0.0883. The number of benzene rings is 1. The summed E-state index contributed by atoms with van der Waals surface area (Å²) in [5, 5.41) is 3.28. The maximum Gasteiger partial charge on any atom is 0.253 e. The van der Waals surface area contributed by atoms with Crippen LogP contribution in [0.25, 0.3) is 5.65 Å². The molecule has 1 aliphatic heterocycles. The molecule has 1 amide bonds. The summed E-state index contributed by atoms with van der Waals surface area (Å²) in [6.07, 6.45) is 7.66. The number of carbonyl (C=O) groups excluding carboxylic acids is 1. The monoisotopic (exact) mass is 384 g/mol. The molecule has 3 aromatic heterocycles. The molecule has 29 heavy (non-hydrogen) atoms. The van der Waals surface area contributed by atoms with E-state index in [0.717, 1.165) is 22.5 Å². The van der Waals surface area contributed by atoms with Crippen LogP contribution in [0.5, 0.6) is 5.75 Å². The second kappa shape index (κ2) is 6.74. The summed E-state index contributed by atoms with van der Waals surface area (Å²) in [6, 6.07) is 15.6. The predicted octanol–water partition coefficient (Wildman–Crippen LogP) is 3.49. The first-order chi connectivity index (χ1) is 14.2. The molecule has 1 aliphatic rings. The highest BCUT2D eigenvalue weighted by Crippen LogP contribution is 2.40. The van der Waals surface area contributed by atoms with E-state index in [1.165, 1.54) is 0 Å². The van der Waals surface area contributed by atoms with Gasteiger partial charge < -0.3 is 14.5 Å². The van der Waals surface area contributed by atoms with E-state index in [2.05, 4.69) is 39.6 Å². The third-order valence-corrected chi connectivity index (χ3v) is 5.43. The van der Waals surface area contributed by atoms with Crippen LogP contribution >= 0.6 is 0 Å². The molecule has 5 rings (SSSR count). The Hall–Kier alpha value is -3.67. The number of ether oxygens (including phenoxy) is 1. The number of nitrogens with one attached hydrogen (secondary N) is 1. The van der Waals surface area contributed by atoms with Crippen molar-refractivity contribution < 1.29 is 9.53 Å². The van der Waals surface area contributed by atoms with Crippen molar-refractivity contribution in [2.24, 2.45) is 0 Å². The molecule has 4 heterocycles. The van der Waals surface area contributed by atoms with Gasteiger partial charge in [-0.2, -0.15) is 0 Å². The highest BCUT2D eigenvalue weighted by molar-refractivity contribution is 5.95. The van der Waals surface area contributed by atoms with E-state index in [1.54, 1.807) is 24.7 Å². The number of hydrogen-bond donors (Lipinski definition) is 1. The molecule has 0 saturated carbocycles. The number of hydrogen-bond acceptors (Lipinski definition) is 4. The van der Waals surface area contributed by atoms with Gasteiger partial charge in [-0.05, 0) is 36.8 Å². The summed E-state index contributed by atoms with van der Waals surface area (Å²) in [5.74, 6) is 0.532. The van der Waals surface area contributed by atoms with E-state index in [1.807, 2.05) is 35.7 Å².